The largest absolute Gasteiger partial charge is 0.313 e. The van der Waals surface area contributed by atoms with E-state index in [1.165, 1.54) is 12.3 Å². The summed E-state index contributed by atoms with van der Waals surface area (Å²) in [5.41, 5.74) is 2.51. The minimum atomic E-state index is -0.343. The molecule has 6 heteroatoms. The predicted molar refractivity (Wildman–Crippen MR) is 72.7 cm³/mol. The number of nitrogens with zero attached hydrogens (tertiary/aromatic N) is 3. The van der Waals surface area contributed by atoms with Crippen molar-refractivity contribution in [1.29, 1.82) is 0 Å². The minimum absolute atomic E-state index is 0.0597. The van der Waals surface area contributed by atoms with Crippen LogP contribution in [-0.2, 0) is 13.5 Å². The van der Waals surface area contributed by atoms with Crippen LogP contribution in [0, 0.1) is 12.7 Å². The maximum absolute atomic E-state index is 13.2. The first-order valence-corrected chi connectivity index (χ1v) is 6.36. The SMILES string of the molecule is CNC(Cc1c(Cl)c(C)nn1C)c1cncc(F)c1. The lowest BCUT2D eigenvalue weighted by Crippen LogP contribution is -2.20. The second kappa shape index (κ2) is 5.67. The number of nitrogens with one attached hydrogen (secondary N) is 1. The Morgan fingerprint density at radius 1 is 1.47 bits per heavy atom. The molecule has 0 amide bonds. The maximum Gasteiger partial charge on any atom is 0.141 e. The Morgan fingerprint density at radius 2 is 2.21 bits per heavy atom. The summed E-state index contributed by atoms with van der Waals surface area (Å²) in [6, 6.07) is 1.42. The Hall–Kier alpha value is -1.46. The van der Waals surface area contributed by atoms with E-state index in [1.54, 1.807) is 10.9 Å². The van der Waals surface area contributed by atoms with Gasteiger partial charge in [-0.25, -0.2) is 4.39 Å². The molecule has 1 N–H and O–H groups in total. The minimum Gasteiger partial charge on any atom is -0.313 e. The number of likely N-dealkylation sites (N-methyl/N-ethyl adjacent to an activating group) is 1. The number of rotatable bonds is 4. The monoisotopic (exact) mass is 282 g/mol. The van der Waals surface area contributed by atoms with Crippen molar-refractivity contribution < 1.29 is 4.39 Å². The van der Waals surface area contributed by atoms with Crippen LogP contribution in [0.4, 0.5) is 4.39 Å². The highest BCUT2D eigenvalue weighted by atomic mass is 35.5. The average Bonchev–Trinajstić information content (AvgIpc) is 2.61. The second-order valence-corrected chi connectivity index (χ2v) is 4.83. The van der Waals surface area contributed by atoms with Crippen LogP contribution in [0.3, 0.4) is 0 Å². The summed E-state index contributed by atoms with van der Waals surface area (Å²) < 4.78 is 15.0. The molecule has 0 bridgehead atoms. The molecule has 4 nitrogen and oxygen atoms in total. The quantitative estimate of drug-likeness (QED) is 0.936. The van der Waals surface area contributed by atoms with Crippen LogP contribution < -0.4 is 5.32 Å². The van der Waals surface area contributed by atoms with Gasteiger partial charge in [0.1, 0.15) is 5.82 Å². The Labute approximate surface area is 116 Å². The van der Waals surface area contributed by atoms with Gasteiger partial charge in [0.25, 0.3) is 0 Å². The van der Waals surface area contributed by atoms with Gasteiger partial charge in [-0.2, -0.15) is 5.10 Å². The van der Waals surface area contributed by atoms with E-state index in [-0.39, 0.29) is 11.9 Å². The van der Waals surface area contributed by atoms with Crippen molar-refractivity contribution in [1.82, 2.24) is 20.1 Å². The summed E-state index contributed by atoms with van der Waals surface area (Å²) in [6.45, 7) is 1.87. The molecule has 2 aromatic heterocycles. The van der Waals surface area contributed by atoms with Crippen LogP contribution in [0.1, 0.15) is 23.0 Å². The van der Waals surface area contributed by atoms with E-state index in [0.717, 1.165) is 17.0 Å². The van der Waals surface area contributed by atoms with E-state index in [1.807, 2.05) is 21.0 Å². The first-order valence-electron chi connectivity index (χ1n) is 5.98. The highest BCUT2D eigenvalue weighted by Gasteiger charge is 2.18. The molecule has 0 spiro atoms. The Balaban J connectivity index is 2.29. The van der Waals surface area contributed by atoms with Gasteiger partial charge < -0.3 is 5.32 Å². The van der Waals surface area contributed by atoms with Crippen LogP contribution in [-0.4, -0.2) is 21.8 Å². The fourth-order valence-electron chi connectivity index (χ4n) is 2.10. The van der Waals surface area contributed by atoms with Crippen LogP contribution >= 0.6 is 11.6 Å². The van der Waals surface area contributed by atoms with Crippen LogP contribution in [0.25, 0.3) is 0 Å². The van der Waals surface area contributed by atoms with Crippen molar-refractivity contribution in [2.45, 2.75) is 19.4 Å². The van der Waals surface area contributed by atoms with Gasteiger partial charge in [-0.1, -0.05) is 11.6 Å². The van der Waals surface area contributed by atoms with E-state index >= 15 is 0 Å². The molecule has 19 heavy (non-hydrogen) atoms. The molecule has 102 valence electrons. The maximum atomic E-state index is 13.2. The molecule has 0 saturated carbocycles. The van der Waals surface area contributed by atoms with Crippen molar-refractivity contribution in [3.63, 3.8) is 0 Å². The number of halogens is 2. The van der Waals surface area contributed by atoms with E-state index < -0.39 is 0 Å². The smallest absolute Gasteiger partial charge is 0.141 e. The van der Waals surface area contributed by atoms with Gasteiger partial charge in [-0.3, -0.25) is 9.67 Å². The fourth-order valence-corrected chi connectivity index (χ4v) is 2.34. The lowest BCUT2D eigenvalue weighted by atomic mass is 10.0. The zero-order valence-corrected chi connectivity index (χ0v) is 11.9. The first-order chi connectivity index (χ1) is 9.02. The molecular formula is C13H16ClFN4. The molecule has 2 aromatic rings. The number of aromatic nitrogens is 3. The molecule has 1 unspecified atom stereocenters. The second-order valence-electron chi connectivity index (χ2n) is 4.45. The van der Waals surface area contributed by atoms with E-state index in [4.69, 9.17) is 11.6 Å². The highest BCUT2D eigenvalue weighted by Crippen LogP contribution is 2.25. The average molecular weight is 283 g/mol. The first kappa shape index (κ1) is 14.0. The fraction of sp³-hybridized carbons (Fsp3) is 0.385. The Kier molecular flexibility index (Phi) is 4.17. The third-order valence-electron chi connectivity index (χ3n) is 3.14. The van der Waals surface area contributed by atoms with Gasteiger partial charge in [0.05, 0.1) is 22.6 Å². The lowest BCUT2D eigenvalue weighted by molar-refractivity contribution is 0.550. The molecular weight excluding hydrogens is 267 g/mol. The number of pyridine rings is 1. The normalized spacial score (nSPS) is 12.7. The standard InChI is InChI=1S/C13H16ClFN4/c1-8-13(14)12(19(3)18-8)5-11(16-2)9-4-10(15)7-17-6-9/h4,6-7,11,16H,5H2,1-3H3. The van der Waals surface area contributed by atoms with Gasteiger partial charge >= 0.3 is 0 Å². The van der Waals surface area contributed by atoms with Crippen LogP contribution in [0.2, 0.25) is 5.02 Å². The van der Waals surface area contributed by atoms with Crippen LogP contribution in [0.15, 0.2) is 18.5 Å². The summed E-state index contributed by atoms with van der Waals surface area (Å²) in [4.78, 5) is 3.87. The molecule has 0 fully saturated rings. The van der Waals surface area contributed by atoms with Gasteiger partial charge in [-0.05, 0) is 25.6 Å². The Morgan fingerprint density at radius 3 is 2.74 bits per heavy atom. The molecule has 0 aromatic carbocycles. The predicted octanol–water partition coefficient (Wildman–Crippen LogP) is 2.42. The van der Waals surface area contributed by atoms with Gasteiger partial charge in [-0.15, -0.1) is 0 Å². The van der Waals surface area contributed by atoms with Crippen molar-refractivity contribution in [2.24, 2.45) is 7.05 Å². The molecule has 2 rings (SSSR count). The van der Waals surface area contributed by atoms with Crippen molar-refractivity contribution in [3.8, 4) is 0 Å². The molecule has 0 aliphatic carbocycles. The van der Waals surface area contributed by atoms with E-state index in [0.29, 0.717) is 11.4 Å². The lowest BCUT2D eigenvalue weighted by Gasteiger charge is -2.16. The van der Waals surface area contributed by atoms with Gasteiger partial charge in [0.2, 0.25) is 0 Å². The summed E-state index contributed by atoms with van der Waals surface area (Å²) >= 11 is 6.23. The van der Waals surface area contributed by atoms with E-state index in [9.17, 15) is 4.39 Å². The third kappa shape index (κ3) is 2.93. The molecule has 0 aliphatic heterocycles. The van der Waals surface area contributed by atoms with Crippen molar-refractivity contribution in [2.75, 3.05) is 7.05 Å². The summed E-state index contributed by atoms with van der Waals surface area (Å²) in [6.07, 6.45) is 3.47. The zero-order chi connectivity index (χ0) is 14.0. The van der Waals surface area contributed by atoms with Crippen molar-refractivity contribution >= 4 is 11.6 Å². The van der Waals surface area contributed by atoms with Crippen molar-refractivity contribution in [3.05, 3.63) is 46.3 Å². The van der Waals surface area contributed by atoms with Gasteiger partial charge in [0, 0.05) is 25.7 Å². The molecule has 0 aliphatic rings. The van der Waals surface area contributed by atoms with Gasteiger partial charge in [0.15, 0.2) is 0 Å². The number of aryl methyl sites for hydroxylation is 2. The molecule has 1 atom stereocenters. The zero-order valence-electron chi connectivity index (χ0n) is 11.1. The summed E-state index contributed by atoms with van der Waals surface area (Å²) in [5.74, 6) is -0.343. The molecule has 0 radical (unpaired) electrons. The topological polar surface area (TPSA) is 42.7 Å². The third-order valence-corrected chi connectivity index (χ3v) is 3.63. The molecule has 2 heterocycles. The molecule has 0 saturated heterocycles. The number of hydrogen-bond acceptors (Lipinski definition) is 3. The van der Waals surface area contributed by atoms with Crippen LogP contribution in [0.5, 0.6) is 0 Å². The summed E-state index contributed by atoms with van der Waals surface area (Å²) in [5, 5.41) is 8.09. The van der Waals surface area contributed by atoms with E-state index in [2.05, 4.69) is 15.4 Å². The number of hydrogen-bond donors (Lipinski definition) is 1. The summed E-state index contributed by atoms with van der Waals surface area (Å²) in [7, 11) is 3.68. The highest BCUT2D eigenvalue weighted by molar-refractivity contribution is 6.31. The Bertz CT molecular complexity index is 582.